The summed E-state index contributed by atoms with van der Waals surface area (Å²) in [5, 5.41) is 13.4. The van der Waals surface area contributed by atoms with E-state index in [9.17, 15) is 5.11 Å². The van der Waals surface area contributed by atoms with E-state index >= 15 is 0 Å². The molecule has 1 aliphatic heterocycles. The van der Waals surface area contributed by atoms with Crippen LogP contribution in [0.15, 0.2) is 0 Å². The maximum Gasteiger partial charge on any atom is 0.0897 e. The fraction of sp³-hybridized carbons (Fsp3) is 1.00. The molecule has 0 aromatic carbocycles. The Labute approximate surface area is 123 Å². The Bertz CT molecular complexity index is 243. The van der Waals surface area contributed by atoms with Gasteiger partial charge in [-0.1, -0.05) is 13.8 Å². The molecule has 5 nitrogen and oxygen atoms in total. The van der Waals surface area contributed by atoms with Crippen molar-refractivity contribution in [2.45, 2.75) is 44.9 Å². The number of aliphatic hydroxyl groups is 1. The van der Waals surface area contributed by atoms with E-state index in [-0.39, 0.29) is 6.10 Å². The van der Waals surface area contributed by atoms with Crippen molar-refractivity contribution in [3.63, 3.8) is 0 Å². The Hall–Kier alpha value is -0.200. The first-order chi connectivity index (χ1) is 9.49. The van der Waals surface area contributed by atoms with Gasteiger partial charge in [-0.25, -0.2) is 0 Å². The third-order valence-corrected chi connectivity index (χ3v) is 3.62. The minimum Gasteiger partial charge on any atom is -0.389 e. The quantitative estimate of drug-likeness (QED) is 0.620. The summed E-state index contributed by atoms with van der Waals surface area (Å²) >= 11 is 0. The molecule has 0 aliphatic carbocycles. The average Bonchev–Trinajstić information content (AvgIpc) is 2.86. The van der Waals surface area contributed by atoms with Gasteiger partial charge in [0.15, 0.2) is 0 Å². The zero-order valence-electron chi connectivity index (χ0n) is 13.5. The molecule has 1 saturated heterocycles. The van der Waals surface area contributed by atoms with Crippen LogP contribution in [0.5, 0.6) is 0 Å². The predicted octanol–water partition coefficient (Wildman–Crippen LogP) is 0.719. The standard InChI is InChI=1S/C15H32N2O3/c1-12(2)15(9-17(3)4)16-8-13(18)10-19-11-14-6-5-7-20-14/h12-16,18H,5-11H2,1-4H3. The first-order valence-electron chi connectivity index (χ1n) is 7.74. The molecule has 0 amide bonds. The summed E-state index contributed by atoms with van der Waals surface area (Å²) in [5.41, 5.74) is 0. The van der Waals surface area contributed by atoms with Gasteiger partial charge in [0.2, 0.25) is 0 Å². The molecule has 1 fully saturated rings. The van der Waals surface area contributed by atoms with Crippen LogP contribution in [-0.4, -0.2) is 75.3 Å². The SMILES string of the molecule is CC(C)C(CN(C)C)NCC(O)COCC1CCCO1. The van der Waals surface area contributed by atoms with Crippen LogP contribution in [-0.2, 0) is 9.47 Å². The fourth-order valence-electron chi connectivity index (χ4n) is 2.36. The Morgan fingerprint density at radius 3 is 2.70 bits per heavy atom. The maximum absolute atomic E-state index is 9.95. The number of aliphatic hydroxyl groups excluding tert-OH is 1. The fourth-order valence-corrected chi connectivity index (χ4v) is 2.36. The van der Waals surface area contributed by atoms with Crippen molar-refractivity contribution >= 4 is 0 Å². The van der Waals surface area contributed by atoms with E-state index in [1.807, 2.05) is 0 Å². The molecule has 1 heterocycles. The first-order valence-corrected chi connectivity index (χ1v) is 7.74. The summed E-state index contributed by atoms with van der Waals surface area (Å²) in [6, 6.07) is 0.387. The van der Waals surface area contributed by atoms with Crippen molar-refractivity contribution in [3.05, 3.63) is 0 Å². The third-order valence-electron chi connectivity index (χ3n) is 3.62. The summed E-state index contributed by atoms with van der Waals surface area (Å²) in [6.07, 6.45) is 1.97. The normalized spacial score (nSPS) is 22.6. The molecule has 20 heavy (non-hydrogen) atoms. The highest BCUT2D eigenvalue weighted by Gasteiger charge is 2.18. The second-order valence-electron chi connectivity index (χ2n) is 6.35. The topological polar surface area (TPSA) is 54.0 Å². The lowest BCUT2D eigenvalue weighted by atomic mass is 10.0. The van der Waals surface area contributed by atoms with Crippen LogP contribution in [0.2, 0.25) is 0 Å². The molecule has 1 rings (SSSR count). The van der Waals surface area contributed by atoms with Gasteiger partial charge in [0.25, 0.3) is 0 Å². The maximum atomic E-state index is 9.95. The molecule has 3 atom stereocenters. The Morgan fingerprint density at radius 2 is 2.15 bits per heavy atom. The highest BCUT2D eigenvalue weighted by Crippen LogP contribution is 2.11. The zero-order chi connectivity index (χ0) is 15.0. The van der Waals surface area contributed by atoms with Crippen LogP contribution >= 0.6 is 0 Å². The van der Waals surface area contributed by atoms with Crippen LogP contribution in [0.3, 0.4) is 0 Å². The lowest BCUT2D eigenvalue weighted by Gasteiger charge is -2.27. The number of nitrogens with zero attached hydrogens (tertiary/aromatic N) is 1. The molecule has 0 bridgehead atoms. The number of rotatable bonds is 10. The van der Waals surface area contributed by atoms with Crippen LogP contribution in [0.1, 0.15) is 26.7 Å². The van der Waals surface area contributed by atoms with E-state index in [0.29, 0.717) is 31.7 Å². The molecule has 120 valence electrons. The Balaban J connectivity index is 2.11. The van der Waals surface area contributed by atoms with E-state index in [2.05, 4.69) is 38.2 Å². The van der Waals surface area contributed by atoms with Crippen molar-refractivity contribution in [2.75, 3.05) is 47.0 Å². The van der Waals surface area contributed by atoms with E-state index < -0.39 is 6.10 Å². The molecule has 2 N–H and O–H groups in total. The molecule has 0 saturated carbocycles. The highest BCUT2D eigenvalue weighted by atomic mass is 16.5. The summed E-state index contributed by atoms with van der Waals surface area (Å²) in [4.78, 5) is 2.16. The van der Waals surface area contributed by atoms with Gasteiger partial charge in [-0.15, -0.1) is 0 Å². The molecule has 1 aliphatic rings. The number of nitrogens with one attached hydrogen (secondary N) is 1. The third kappa shape index (κ3) is 7.55. The predicted molar refractivity (Wildman–Crippen MR) is 81.0 cm³/mol. The molecule has 3 unspecified atom stereocenters. The molecule has 0 aromatic rings. The smallest absolute Gasteiger partial charge is 0.0897 e. The number of hydrogen-bond donors (Lipinski definition) is 2. The summed E-state index contributed by atoms with van der Waals surface area (Å²) in [5.74, 6) is 0.539. The lowest BCUT2D eigenvalue weighted by Crippen LogP contribution is -2.45. The lowest BCUT2D eigenvalue weighted by molar-refractivity contribution is -0.0173. The second kappa shape index (κ2) is 9.68. The van der Waals surface area contributed by atoms with Crippen molar-refractivity contribution < 1.29 is 14.6 Å². The second-order valence-corrected chi connectivity index (χ2v) is 6.35. The van der Waals surface area contributed by atoms with Gasteiger partial charge in [-0.2, -0.15) is 0 Å². The summed E-state index contributed by atoms with van der Waals surface area (Å²) in [7, 11) is 4.14. The van der Waals surface area contributed by atoms with Crippen molar-refractivity contribution in [3.8, 4) is 0 Å². The van der Waals surface area contributed by atoms with Crippen molar-refractivity contribution in [1.29, 1.82) is 0 Å². The van der Waals surface area contributed by atoms with Gasteiger partial charge in [0, 0.05) is 25.7 Å². The van der Waals surface area contributed by atoms with Crippen LogP contribution in [0, 0.1) is 5.92 Å². The van der Waals surface area contributed by atoms with Gasteiger partial charge >= 0.3 is 0 Å². The Morgan fingerprint density at radius 1 is 1.40 bits per heavy atom. The van der Waals surface area contributed by atoms with Gasteiger partial charge in [0.1, 0.15) is 0 Å². The van der Waals surface area contributed by atoms with Crippen molar-refractivity contribution in [2.24, 2.45) is 5.92 Å². The van der Waals surface area contributed by atoms with Crippen LogP contribution < -0.4 is 5.32 Å². The van der Waals surface area contributed by atoms with Gasteiger partial charge in [0.05, 0.1) is 25.4 Å². The van der Waals surface area contributed by atoms with Gasteiger partial charge in [-0.05, 0) is 32.9 Å². The zero-order valence-corrected chi connectivity index (χ0v) is 13.5. The number of likely N-dealkylation sites (N-methyl/N-ethyl adjacent to an activating group) is 1. The molecule has 0 spiro atoms. The van der Waals surface area contributed by atoms with Gasteiger partial charge < -0.3 is 24.8 Å². The molecule has 0 radical (unpaired) electrons. The minimum absolute atomic E-state index is 0.229. The number of ether oxygens (including phenoxy) is 2. The average molecular weight is 288 g/mol. The van der Waals surface area contributed by atoms with E-state index in [0.717, 1.165) is 26.0 Å². The van der Waals surface area contributed by atoms with E-state index in [1.54, 1.807) is 0 Å². The first kappa shape index (κ1) is 17.9. The monoisotopic (exact) mass is 288 g/mol. The van der Waals surface area contributed by atoms with Crippen LogP contribution in [0.25, 0.3) is 0 Å². The van der Waals surface area contributed by atoms with E-state index in [4.69, 9.17) is 9.47 Å². The van der Waals surface area contributed by atoms with Crippen LogP contribution in [0.4, 0.5) is 0 Å². The summed E-state index contributed by atoms with van der Waals surface area (Å²) in [6.45, 7) is 7.76. The highest BCUT2D eigenvalue weighted by molar-refractivity contribution is 4.75. The minimum atomic E-state index is -0.459. The molecule has 0 aromatic heterocycles. The molecular formula is C15H32N2O3. The van der Waals surface area contributed by atoms with Crippen molar-refractivity contribution in [1.82, 2.24) is 10.2 Å². The number of hydrogen-bond acceptors (Lipinski definition) is 5. The largest absolute Gasteiger partial charge is 0.389 e. The molecular weight excluding hydrogens is 256 g/mol. The molecule has 5 heteroatoms. The Kier molecular flexibility index (Phi) is 8.64. The summed E-state index contributed by atoms with van der Waals surface area (Å²) < 4.78 is 11.0. The van der Waals surface area contributed by atoms with Gasteiger partial charge in [-0.3, -0.25) is 0 Å². The van der Waals surface area contributed by atoms with E-state index in [1.165, 1.54) is 0 Å².